The molecule has 6 heteroatoms. The van der Waals surface area contributed by atoms with Crippen LogP contribution in [0.4, 0.5) is 0 Å². The number of ether oxygens (including phenoxy) is 1. The maximum Gasteiger partial charge on any atom is 0.260 e. The van der Waals surface area contributed by atoms with Crippen LogP contribution in [-0.4, -0.2) is 29.1 Å². The van der Waals surface area contributed by atoms with Crippen LogP contribution in [0.2, 0.25) is 0 Å². The van der Waals surface area contributed by atoms with Gasteiger partial charge in [-0.2, -0.15) is 4.73 Å². The van der Waals surface area contributed by atoms with Gasteiger partial charge in [0, 0.05) is 24.1 Å². The minimum Gasteiger partial charge on any atom is -0.619 e. The fourth-order valence-corrected chi connectivity index (χ4v) is 4.61. The van der Waals surface area contributed by atoms with E-state index < -0.39 is 6.10 Å². The summed E-state index contributed by atoms with van der Waals surface area (Å²) < 4.78 is 6.53. The predicted octanol–water partition coefficient (Wildman–Crippen LogP) is 4.22. The normalized spacial score (nSPS) is 14.1. The fraction of sp³-hybridized carbons (Fsp3) is 0.172. The number of hydrogen-bond donors (Lipinski definition) is 1. The number of nitrogens with zero attached hydrogens (tertiary/aromatic N) is 2. The van der Waals surface area contributed by atoms with Crippen LogP contribution in [-0.2, 0) is 6.54 Å². The molecule has 176 valence electrons. The zero-order chi connectivity index (χ0) is 24.2. The molecule has 0 bridgehead atoms. The Labute approximate surface area is 204 Å². The first-order chi connectivity index (χ1) is 17.1. The smallest absolute Gasteiger partial charge is 0.260 e. The molecule has 1 aromatic heterocycles. The lowest BCUT2D eigenvalue weighted by Crippen LogP contribution is -2.34. The van der Waals surface area contributed by atoms with Gasteiger partial charge in [0.25, 0.3) is 5.91 Å². The maximum atomic E-state index is 13.1. The molecule has 1 N–H and O–H groups in total. The number of benzene rings is 3. The molecule has 1 aliphatic rings. The van der Waals surface area contributed by atoms with Crippen LogP contribution >= 0.6 is 0 Å². The molecule has 0 fully saturated rings. The van der Waals surface area contributed by atoms with Crippen molar-refractivity contribution in [3.63, 3.8) is 0 Å². The lowest BCUT2D eigenvalue weighted by Gasteiger charge is -2.25. The number of aromatic nitrogens is 1. The minimum atomic E-state index is -0.800. The molecular weight excluding hydrogens is 440 g/mol. The standard InChI is InChI=1S/C29H26N2O4/c32-28(27(21-8-3-1-4-9-21)22-10-5-2-6-11-22)23-13-14-26-25(18-23)19-30(16-17-35-26)29(33)24-12-7-15-31(34)20-24/h1-15,18,20,27-28,32H,16-17,19H2/t28-/m0/s1. The van der Waals surface area contributed by atoms with Crippen molar-refractivity contribution in [2.75, 3.05) is 13.2 Å². The zero-order valence-corrected chi connectivity index (χ0v) is 19.2. The number of carbonyl (C=O) groups is 1. The minimum absolute atomic E-state index is 0.232. The first-order valence-electron chi connectivity index (χ1n) is 11.6. The number of aliphatic hydroxyl groups is 1. The zero-order valence-electron chi connectivity index (χ0n) is 19.2. The molecule has 6 nitrogen and oxygen atoms in total. The Morgan fingerprint density at radius 1 is 0.914 bits per heavy atom. The van der Waals surface area contributed by atoms with Crippen molar-refractivity contribution < 1.29 is 19.4 Å². The van der Waals surface area contributed by atoms with Crippen LogP contribution < -0.4 is 9.47 Å². The highest BCUT2D eigenvalue weighted by Crippen LogP contribution is 2.38. The van der Waals surface area contributed by atoms with Gasteiger partial charge in [-0.25, -0.2) is 0 Å². The van der Waals surface area contributed by atoms with Gasteiger partial charge >= 0.3 is 0 Å². The summed E-state index contributed by atoms with van der Waals surface area (Å²) in [6.45, 7) is 1.07. The number of amides is 1. The molecule has 0 unspecified atom stereocenters. The Morgan fingerprint density at radius 2 is 1.60 bits per heavy atom. The summed E-state index contributed by atoms with van der Waals surface area (Å²) in [6, 6.07) is 28.8. The lowest BCUT2D eigenvalue weighted by atomic mass is 9.83. The second kappa shape index (κ2) is 9.99. The molecule has 4 aromatic rings. The summed E-state index contributed by atoms with van der Waals surface area (Å²) in [4.78, 5) is 14.8. The average molecular weight is 467 g/mol. The van der Waals surface area contributed by atoms with Crippen molar-refractivity contribution in [3.8, 4) is 5.75 Å². The van der Waals surface area contributed by atoms with Crippen molar-refractivity contribution in [1.82, 2.24) is 4.90 Å². The van der Waals surface area contributed by atoms with Gasteiger partial charge in [0.2, 0.25) is 0 Å². The van der Waals surface area contributed by atoms with E-state index in [2.05, 4.69) is 0 Å². The van der Waals surface area contributed by atoms with Crippen LogP contribution in [0, 0.1) is 5.21 Å². The van der Waals surface area contributed by atoms with Gasteiger partial charge in [-0.15, -0.1) is 0 Å². The summed E-state index contributed by atoms with van der Waals surface area (Å²) in [6.07, 6.45) is 1.83. The summed E-state index contributed by atoms with van der Waals surface area (Å²) in [5.74, 6) is 0.208. The van der Waals surface area contributed by atoms with E-state index in [9.17, 15) is 15.1 Å². The Kier molecular flexibility index (Phi) is 6.46. The van der Waals surface area contributed by atoms with E-state index in [4.69, 9.17) is 4.74 Å². The third-order valence-electron chi connectivity index (χ3n) is 6.35. The molecule has 0 aliphatic carbocycles. The van der Waals surface area contributed by atoms with Crippen molar-refractivity contribution >= 4 is 5.91 Å². The number of hydrogen-bond acceptors (Lipinski definition) is 4. The van der Waals surface area contributed by atoms with E-state index in [0.29, 0.717) is 35.7 Å². The third kappa shape index (κ3) is 4.88. The largest absolute Gasteiger partial charge is 0.619 e. The SMILES string of the molecule is O=C(c1ccc[n+]([O-])c1)N1CCOc2ccc([C@H](O)C(c3ccccc3)c3ccccc3)cc2C1. The molecule has 0 radical (unpaired) electrons. The van der Waals surface area contributed by atoms with Crippen LogP contribution in [0.3, 0.4) is 0 Å². The van der Waals surface area contributed by atoms with Crippen molar-refractivity contribution in [2.45, 2.75) is 18.6 Å². The van der Waals surface area contributed by atoms with E-state index in [0.717, 1.165) is 22.3 Å². The second-order valence-electron chi connectivity index (χ2n) is 8.64. The first-order valence-corrected chi connectivity index (χ1v) is 11.6. The lowest BCUT2D eigenvalue weighted by molar-refractivity contribution is -0.605. The van der Waals surface area contributed by atoms with Crippen molar-refractivity contribution in [1.29, 1.82) is 0 Å². The van der Waals surface area contributed by atoms with Crippen LogP contribution in [0.1, 0.15) is 44.6 Å². The quantitative estimate of drug-likeness (QED) is 0.353. The van der Waals surface area contributed by atoms with Crippen LogP contribution in [0.15, 0.2) is 103 Å². The Morgan fingerprint density at radius 3 is 2.26 bits per heavy atom. The van der Waals surface area contributed by atoms with E-state index >= 15 is 0 Å². The number of carbonyl (C=O) groups excluding carboxylic acids is 1. The van der Waals surface area contributed by atoms with Gasteiger partial charge < -0.3 is 20.0 Å². The Hall–Kier alpha value is -4.16. The van der Waals surface area contributed by atoms with Crippen LogP contribution in [0.25, 0.3) is 0 Å². The van der Waals surface area contributed by atoms with E-state index in [1.165, 1.54) is 12.4 Å². The van der Waals surface area contributed by atoms with Crippen LogP contribution in [0.5, 0.6) is 5.75 Å². The summed E-state index contributed by atoms with van der Waals surface area (Å²) in [5.41, 5.74) is 3.93. The predicted molar refractivity (Wildman–Crippen MR) is 132 cm³/mol. The van der Waals surface area contributed by atoms with E-state index in [-0.39, 0.29) is 11.8 Å². The highest BCUT2D eigenvalue weighted by molar-refractivity contribution is 5.93. The monoisotopic (exact) mass is 466 g/mol. The highest BCUT2D eigenvalue weighted by Gasteiger charge is 2.27. The van der Waals surface area contributed by atoms with Gasteiger partial charge in [0.1, 0.15) is 17.9 Å². The molecule has 5 rings (SSSR count). The Bertz CT molecular complexity index is 1270. The van der Waals surface area contributed by atoms with Gasteiger partial charge in [-0.05, 0) is 34.9 Å². The molecular formula is C29H26N2O4. The molecule has 2 heterocycles. The summed E-state index contributed by atoms with van der Waals surface area (Å²) >= 11 is 0. The molecule has 0 spiro atoms. The Balaban J connectivity index is 1.46. The molecule has 3 aromatic carbocycles. The van der Waals surface area contributed by atoms with Crippen molar-refractivity contribution in [3.05, 3.63) is 136 Å². The molecule has 1 atom stereocenters. The number of pyridine rings is 1. The molecule has 35 heavy (non-hydrogen) atoms. The third-order valence-corrected chi connectivity index (χ3v) is 6.35. The first kappa shape index (κ1) is 22.6. The van der Waals surface area contributed by atoms with E-state index in [1.807, 2.05) is 78.9 Å². The molecule has 0 saturated heterocycles. The molecule has 0 saturated carbocycles. The number of fused-ring (bicyclic) bond motifs is 1. The number of rotatable bonds is 5. The molecule has 1 aliphatic heterocycles. The summed E-state index contributed by atoms with van der Waals surface area (Å²) in [5, 5.41) is 23.2. The topological polar surface area (TPSA) is 76.7 Å². The molecule has 1 amide bonds. The second-order valence-corrected chi connectivity index (χ2v) is 8.64. The van der Waals surface area contributed by atoms with Gasteiger partial charge in [0.05, 0.1) is 12.6 Å². The van der Waals surface area contributed by atoms with Gasteiger partial charge in [-0.1, -0.05) is 66.7 Å². The van der Waals surface area contributed by atoms with Gasteiger partial charge in [-0.3, -0.25) is 4.79 Å². The van der Waals surface area contributed by atoms with Crippen molar-refractivity contribution in [2.24, 2.45) is 0 Å². The number of aliphatic hydroxyl groups excluding tert-OH is 1. The van der Waals surface area contributed by atoms with E-state index in [1.54, 1.807) is 17.0 Å². The summed E-state index contributed by atoms with van der Waals surface area (Å²) in [7, 11) is 0. The maximum absolute atomic E-state index is 13.1. The van der Waals surface area contributed by atoms with Gasteiger partial charge in [0.15, 0.2) is 12.4 Å². The average Bonchev–Trinajstić information content (AvgIpc) is 3.11. The fourth-order valence-electron chi connectivity index (χ4n) is 4.61. The highest BCUT2D eigenvalue weighted by atomic mass is 16.5.